The van der Waals surface area contributed by atoms with Crippen molar-refractivity contribution in [3.8, 4) is 0 Å². The van der Waals surface area contributed by atoms with Crippen LogP contribution < -0.4 is 16.8 Å². The Morgan fingerprint density at radius 3 is 2.54 bits per heavy atom. The zero-order valence-corrected chi connectivity index (χ0v) is 13.3. The maximum Gasteiger partial charge on any atom is 0.333 e. The Morgan fingerprint density at radius 2 is 2.12 bits per heavy atom. The van der Waals surface area contributed by atoms with Crippen LogP contribution in [-0.2, 0) is 19.1 Å². The van der Waals surface area contributed by atoms with Gasteiger partial charge in [-0.2, -0.15) is 0 Å². The van der Waals surface area contributed by atoms with Gasteiger partial charge in [0.1, 0.15) is 18.3 Å². The van der Waals surface area contributed by atoms with Crippen molar-refractivity contribution in [3.05, 3.63) is 11.4 Å². The minimum absolute atomic E-state index is 0.0627. The van der Waals surface area contributed by atoms with Crippen LogP contribution in [0.25, 0.3) is 0 Å². The van der Waals surface area contributed by atoms with E-state index in [1.54, 1.807) is 0 Å². The number of rotatable bonds is 7. The largest absolute Gasteiger partial charge is 0.479 e. The van der Waals surface area contributed by atoms with E-state index in [0.29, 0.717) is 0 Å². The van der Waals surface area contributed by atoms with Crippen LogP contribution in [0.2, 0.25) is 0 Å². The molecule has 0 saturated heterocycles. The van der Waals surface area contributed by atoms with E-state index < -0.39 is 42.9 Å². The number of nitrogens with zero attached hydrogens (tertiary/aromatic N) is 1. The molecule has 0 aromatic rings. The molecule has 1 amide bonds. The Morgan fingerprint density at radius 1 is 1.50 bits per heavy atom. The van der Waals surface area contributed by atoms with Gasteiger partial charge in [-0.3, -0.25) is 4.79 Å². The lowest BCUT2D eigenvalue weighted by atomic mass is 9.97. The van der Waals surface area contributed by atoms with Gasteiger partial charge < -0.3 is 41.6 Å². The number of hydrogen-bond donors (Lipinski definition) is 6. The quantitative estimate of drug-likeness (QED) is 0.209. The van der Waals surface area contributed by atoms with Crippen molar-refractivity contribution in [2.24, 2.45) is 16.5 Å². The lowest BCUT2D eigenvalue weighted by Gasteiger charge is -2.36. The molecule has 0 aromatic carbocycles. The molecule has 1 aliphatic rings. The second-order valence-corrected chi connectivity index (χ2v) is 5.12. The van der Waals surface area contributed by atoms with Crippen molar-refractivity contribution < 1.29 is 34.4 Å². The molecule has 136 valence electrons. The first-order valence-corrected chi connectivity index (χ1v) is 7.01. The maximum atomic E-state index is 11.5. The predicted octanol–water partition coefficient (Wildman–Crippen LogP) is -2.78. The number of guanidine groups is 1. The fraction of sp³-hybridized carbons (Fsp3) is 0.615. The summed E-state index contributed by atoms with van der Waals surface area (Å²) >= 11 is 0. The van der Waals surface area contributed by atoms with Crippen LogP contribution in [0.5, 0.6) is 0 Å². The number of carbonyl (C=O) groups is 2. The minimum Gasteiger partial charge on any atom is -0.479 e. The minimum atomic E-state index is -1.39. The number of aliphatic hydroxyl groups excluding tert-OH is 2. The monoisotopic (exact) mass is 346 g/mol. The Hall–Kier alpha value is -2.21. The predicted molar refractivity (Wildman–Crippen MR) is 81.5 cm³/mol. The third-order valence-corrected chi connectivity index (χ3v) is 3.27. The van der Waals surface area contributed by atoms with E-state index in [0.717, 1.165) is 0 Å². The van der Waals surface area contributed by atoms with Crippen LogP contribution in [-0.4, -0.2) is 71.3 Å². The van der Waals surface area contributed by atoms with Crippen molar-refractivity contribution in [3.63, 3.8) is 0 Å². The van der Waals surface area contributed by atoms with Gasteiger partial charge in [0.2, 0.25) is 5.91 Å². The molecule has 0 aliphatic carbocycles. The maximum absolute atomic E-state index is 11.5. The molecule has 0 radical (unpaired) electrons. The summed E-state index contributed by atoms with van der Waals surface area (Å²) in [5.41, 5.74) is 10.8. The van der Waals surface area contributed by atoms with E-state index in [9.17, 15) is 19.8 Å². The summed E-state index contributed by atoms with van der Waals surface area (Å²) in [4.78, 5) is 26.6. The molecule has 0 fully saturated rings. The van der Waals surface area contributed by atoms with Gasteiger partial charge in [0.15, 0.2) is 12.1 Å². The fourth-order valence-corrected chi connectivity index (χ4v) is 2.31. The molecule has 1 heterocycles. The van der Waals surface area contributed by atoms with Crippen molar-refractivity contribution in [2.45, 2.75) is 37.8 Å². The number of carboxylic acid groups (broad SMARTS) is 1. The third kappa shape index (κ3) is 4.89. The number of nitrogens with two attached hydrogens (primary N) is 2. The SMILES string of the molecule is COC(C1OC(C(=O)O)CC(N=C(N)N)=C1NC(C)=O)[C@@H](O)CO. The normalized spacial score (nSPS) is 23.3. The number of nitrogens with one attached hydrogen (secondary N) is 1. The second kappa shape index (κ2) is 8.59. The molecule has 3 unspecified atom stereocenters. The van der Waals surface area contributed by atoms with Crippen molar-refractivity contribution >= 4 is 17.8 Å². The van der Waals surface area contributed by atoms with Gasteiger partial charge in [-0.05, 0) is 0 Å². The lowest BCUT2D eigenvalue weighted by molar-refractivity contribution is -0.167. The van der Waals surface area contributed by atoms with E-state index >= 15 is 0 Å². The topological polar surface area (TPSA) is 190 Å². The Bertz CT molecular complexity index is 544. The third-order valence-electron chi connectivity index (χ3n) is 3.27. The fourth-order valence-electron chi connectivity index (χ4n) is 2.31. The number of methoxy groups -OCH3 is 1. The van der Waals surface area contributed by atoms with E-state index in [4.69, 9.17) is 26.0 Å². The molecule has 0 bridgehead atoms. The molecule has 24 heavy (non-hydrogen) atoms. The Labute approximate surface area is 137 Å². The van der Waals surface area contributed by atoms with Gasteiger partial charge >= 0.3 is 5.97 Å². The highest BCUT2D eigenvalue weighted by atomic mass is 16.6. The Balaban J connectivity index is 3.43. The van der Waals surface area contributed by atoms with Crippen molar-refractivity contribution in [1.82, 2.24) is 5.32 Å². The summed E-state index contributed by atoms with van der Waals surface area (Å²) in [7, 11) is 1.24. The molecule has 11 heteroatoms. The van der Waals surface area contributed by atoms with E-state index in [1.165, 1.54) is 14.0 Å². The highest BCUT2D eigenvalue weighted by Crippen LogP contribution is 2.29. The number of carboxylic acids is 1. The molecular formula is C13H22N4O7. The average molecular weight is 346 g/mol. The second-order valence-electron chi connectivity index (χ2n) is 5.12. The molecule has 0 saturated carbocycles. The van der Waals surface area contributed by atoms with E-state index in [1.807, 2.05) is 0 Å². The smallest absolute Gasteiger partial charge is 0.333 e. The van der Waals surface area contributed by atoms with E-state index in [-0.39, 0.29) is 23.8 Å². The number of carbonyl (C=O) groups excluding carboxylic acids is 1. The first-order valence-electron chi connectivity index (χ1n) is 7.01. The number of aliphatic imine (C=N–C) groups is 1. The number of aliphatic hydroxyl groups is 2. The summed E-state index contributed by atoms with van der Waals surface area (Å²) in [5.74, 6) is -2.10. The van der Waals surface area contributed by atoms with E-state index in [2.05, 4.69) is 10.3 Å². The van der Waals surface area contributed by atoms with Gasteiger partial charge in [-0.15, -0.1) is 0 Å². The van der Waals surface area contributed by atoms with Crippen LogP contribution in [0.3, 0.4) is 0 Å². The lowest BCUT2D eigenvalue weighted by Crippen LogP contribution is -2.51. The van der Waals surface area contributed by atoms with Crippen LogP contribution in [0, 0.1) is 0 Å². The highest BCUT2D eigenvalue weighted by Gasteiger charge is 2.41. The van der Waals surface area contributed by atoms with Crippen LogP contribution in [0.1, 0.15) is 13.3 Å². The van der Waals surface area contributed by atoms with Gasteiger partial charge in [0.25, 0.3) is 0 Å². The summed E-state index contributed by atoms with van der Waals surface area (Å²) in [6.07, 6.45) is -5.30. The molecule has 1 aliphatic heterocycles. The zero-order valence-electron chi connectivity index (χ0n) is 13.3. The van der Waals surface area contributed by atoms with Gasteiger partial charge in [-0.1, -0.05) is 0 Å². The van der Waals surface area contributed by atoms with Gasteiger partial charge in [0, 0.05) is 20.5 Å². The summed E-state index contributed by atoms with van der Waals surface area (Å²) in [5, 5.41) is 30.7. The van der Waals surface area contributed by atoms with Crippen molar-refractivity contribution in [1.29, 1.82) is 0 Å². The Kier molecular flexibility index (Phi) is 7.10. The van der Waals surface area contributed by atoms with Gasteiger partial charge in [0.05, 0.1) is 18.0 Å². The van der Waals surface area contributed by atoms with Crippen molar-refractivity contribution in [2.75, 3.05) is 13.7 Å². The molecule has 8 N–H and O–H groups in total. The molecule has 0 spiro atoms. The van der Waals surface area contributed by atoms with Crippen LogP contribution in [0.4, 0.5) is 0 Å². The molecule has 4 atom stereocenters. The number of ether oxygens (including phenoxy) is 2. The number of aliphatic carboxylic acids is 1. The van der Waals surface area contributed by atoms with Crippen LogP contribution >= 0.6 is 0 Å². The average Bonchev–Trinajstić information content (AvgIpc) is 2.49. The highest BCUT2D eigenvalue weighted by molar-refractivity contribution is 5.79. The first-order chi connectivity index (χ1) is 11.2. The molecule has 11 nitrogen and oxygen atoms in total. The zero-order chi connectivity index (χ0) is 18.4. The molecule has 0 aromatic heterocycles. The summed E-state index contributed by atoms with van der Waals surface area (Å²) in [6, 6.07) is 0. The number of hydrogen-bond acceptors (Lipinski definition) is 7. The molecule has 1 rings (SSSR count). The van der Waals surface area contributed by atoms with Crippen LogP contribution in [0.15, 0.2) is 16.4 Å². The van der Waals surface area contributed by atoms with Gasteiger partial charge in [-0.25, -0.2) is 9.79 Å². The summed E-state index contributed by atoms with van der Waals surface area (Å²) < 4.78 is 10.5. The first kappa shape index (κ1) is 19.8. The summed E-state index contributed by atoms with van der Waals surface area (Å²) in [6.45, 7) is 0.561. The molecular weight excluding hydrogens is 324 g/mol. The standard InChI is InChI=1S/C13H22N4O7/c1-5(19)16-9-6(17-13(14)15)3-8(12(21)22)24-11(9)10(23-2)7(20)4-18/h7-8,10-11,18,20H,3-4H2,1-2H3,(H,16,19)(H,21,22)(H4,14,15,17)/t7-,8?,10?,11?/m0/s1. The number of amides is 1.